The van der Waals surface area contributed by atoms with Crippen LogP contribution in [-0.4, -0.2) is 52.0 Å². The van der Waals surface area contributed by atoms with Gasteiger partial charge in [-0.3, -0.25) is 4.79 Å². The van der Waals surface area contributed by atoms with Crippen LogP contribution >= 0.6 is 0 Å². The first-order valence-electron chi connectivity index (χ1n) is 6.96. The Morgan fingerprint density at radius 2 is 2.20 bits per heavy atom. The maximum absolute atomic E-state index is 12.1. The van der Waals surface area contributed by atoms with Crippen LogP contribution in [0.5, 0.6) is 0 Å². The van der Waals surface area contributed by atoms with Gasteiger partial charge in [0.25, 0.3) is 0 Å². The summed E-state index contributed by atoms with van der Waals surface area (Å²) in [7, 11) is 1.77. The topological polar surface area (TPSA) is 77.3 Å². The largest absolute Gasteiger partial charge is 0.461 e. The van der Waals surface area contributed by atoms with Crippen molar-refractivity contribution in [1.29, 1.82) is 0 Å². The number of rotatable bonds is 5. The van der Waals surface area contributed by atoms with Gasteiger partial charge < -0.3 is 9.64 Å². The van der Waals surface area contributed by atoms with Gasteiger partial charge in [0.15, 0.2) is 5.69 Å². The van der Waals surface area contributed by atoms with Crippen molar-refractivity contribution in [3.8, 4) is 0 Å². The van der Waals surface area contributed by atoms with Crippen LogP contribution in [0.2, 0.25) is 0 Å². The van der Waals surface area contributed by atoms with E-state index in [0.717, 1.165) is 6.42 Å². The third-order valence-electron chi connectivity index (χ3n) is 3.44. The summed E-state index contributed by atoms with van der Waals surface area (Å²) in [6, 6.07) is -0.350. The van der Waals surface area contributed by atoms with Gasteiger partial charge in [0, 0.05) is 13.6 Å². The second kappa shape index (κ2) is 6.02. The lowest BCUT2D eigenvalue weighted by atomic mass is 10.1. The zero-order valence-electron chi connectivity index (χ0n) is 12.1. The predicted octanol–water partition coefficient (Wildman–Crippen LogP) is 0.810. The zero-order valence-corrected chi connectivity index (χ0v) is 12.1. The summed E-state index contributed by atoms with van der Waals surface area (Å²) in [6.45, 7) is 4.75. The number of hydrogen-bond donors (Lipinski definition) is 0. The van der Waals surface area contributed by atoms with Crippen LogP contribution in [0.25, 0.3) is 0 Å². The second-order valence-electron chi connectivity index (χ2n) is 4.86. The highest BCUT2D eigenvalue weighted by molar-refractivity contribution is 5.89. The molecule has 2 heterocycles. The van der Waals surface area contributed by atoms with Crippen LogP contribution in [-0.2, 0) is 16.0 Å². The van der Waals surface area contributed by atoms with Crippen LogP contribution in [0, 0.1) is 0 Å². The van der Waals surface area contributed by atoms with Gasteiger partial charge in [-0.25, -0.2) is 9.48 Å². The molecule has 1 amide bonds. The summed E-state index contributed by atoms with van der Waals surface area (Å²) in [5.74, 6) is -0.455. The minimum atomic E-state index is -0.471. The monoisotopic (exact) mass is 280 g/mol. The van der Waals surface area contributed by atoms with Gasteiger partial charge in [0.05, 0.1) is 12.3 Å². The van der Waals surface area contributed by atoms with E-state index in [-0.39, 0.29) is 17.6 Å². The Morgan fingerprint density at radius 3 is 2.75 bits per heavy atom. The third kappa shape index (κ3) is 2.52. The van der Waals surface area contributed by atoms with Crippen molar-refractivity contribution in [3.05, 3.63) is 11.4 Å². The highest BCUT2D eigenvalue weighted by atomic mass is 16.5. The molecule has 0 N–H and O–H groups in total. The fourth-order valence-corrected chi connectivity index (χ4v) is 2.42. The van der Waals surface area contributed by atoms with Crippen molar-refractivity contribution in [3.63, 3.8) is 0 Å². The molecular formula is C13H20N4O3. The Morgan fingerprint density at radius 1 is 1.45 bits per heavy atom. The summed E-state index contributed by atoms with van der Waals surface area (Å²) in [4.78, 5) is 25.6. The Hall–Kier alpha value is -1.92. The number of aromatic nitrogens is 3. The van der Waals surface area contributed by atoms with Crippen molar-refractivity contribution in [1.82, 2.24) is 19.9 Å². The van der Waals surface area contributed by atoms with Gasteiger partial charge in [-0.1, -0.05) is 18.6 Å². The smallest absolute Gasteiger partial charge is 0.360 e. The standard InChI is InChI=1S/C13H20N4O3/c1-4-6-9-11(13(19)20-5-2)14-15-17(9)10-7-8-16(3)12(10)18/h10H,4-8H2,1-3H3. The van der Waals surface area contributed by atoms with E-state index in [1.807, 2.05) is 6.92 Å². The van der Waals surface area contributed by atoms with Gasteiger partial charge in [-0.15, -0.1) is 5.10 Å². The minimum Gasteiger partial charge on any atom is -0.461 e. The van der Waals surface area contributed by atoms with Crippen molar-refractivity contribution in [2.45, 2.75) is 39.2 Å². The molecule has 0 aromatic carbocycles. The fraction of sp³-hybridized carbons (Fsp3) is 0.692. The zero-order chi connectivity index (χ0) is 14.7. The molecule has 0 aliphatic carbocycles. The molecule has 0 radical (unpaired) electrons. The molecule has 20 heavy (non-hydrogen) atoms. The van der Waals surface area contributed by atoms with Crippen molar-refractivity contribution in [2.24, 2.45) is 0 Å². The Balaban J connectivity index is 2.34. The Kier molecular flexibility index (Phi) is 4.36. The lowest BCUT2D eigenvalue weighted by Crippen LogP contribution is -2.26. The van der Waals surface area contributed by atoms with Gasteiger partial charge in [-0.05, 0) is 19.8 Å². The molecule has 0 bridgehead atoms. The maximum atomic E-state index is 12.1. The fourth-order valence-electron chi connectivity index (χ4n) is 2.42. The second-order valence-corrected chi connectivity index (χ2v) is 4.86. The molecule has 0 saturated carbocycles. The van der Waals surface area contributed by atoms with E-state index in [0.29, 0.717) is 31.7 Å². The lowest BCUT2D eigenvalue weighted by Gasteiger charge is -2.13. The number of esters is 1. The van der Waals surface area contributed by atoms with Crippen molar-refractivity contribution in [2.75, 3.05) is 20.2 Å². The summed E-state index contributed by atoms with van der Waals surface area (Å²) in [6.07, 6.45) is 2.18. The van der Waals surface area contributed by atoms with E-state index >= 15 is 0 Å². The normalized spacial score (nSPS) is 18.6. The average molecular weight is 280 g/mol. The van der Waals surface area contributed by atoms with Crippen LogP contribution in [0.15, 0.2) is 0 Å². The van der Waals surface area contributed by atoms with Crippen LogP contribution < -0.4 is 0 Å². The van der Waals surface area contributed by atoms with Gasteiger partial charge in [0.2, 0.25) is 5.91 Å². The number of carbonyl (C=O) groups is 2. The molecule has 1 atom stereocenters. The van der Waals surface area contributed by atoms with E-state index in [1.165, 1.54) is 0 Å². The molecule has 7 heteroatoms. The molecule has 1 fully saturated rings. The number of ether oxygens (including phenoxy) is 1. The number of nitrogens with zero attached hydrogens (tertiary/aromatic N) is 4. The summed E-state index contributed by atoms with van der Waals surface area (Å²) < 4.78 is 6.59. The first-order chi connectivity index (χ1) is 9.60. The molecule has 1 saturated heterocycles. The molecule has 2 rings (SSSR count). The SMILES string of the molecule is CCCc1c(C(=O)OCC)nnn1C1CCN(C)C1=O. The molecule has 1 aromatic heterocycles. The summed E-state index contributed by atoms with van der Waals surface area (Å²) >= 11 is 0. The van der Waals surface area contributed by atoms with E-state index < -0.39 is 5.97 Å². The number of carbonyl (C=O) groups excluding carboxylic acids is 2. The van der Waals surface area contributed by atoms with Crippen molar-refractivity contribution >= 4 is 11.9 Å². The quantitative estimate of drug-likeness (QED) is 0.746. The van der Waals surface area contributed by atoms with E-state index in [9.17, 15) is 9.59 Å². The average Bonchev–Trinajstić information content (AvgIpc) is 2.96. The molecule has 7 nitrogen and oxygen atoms in total. The van der Waals surface area contributed by atoms with E-state index in [1.54, 1.807) is 23.6 Å². The molecule has 1 aliphatic rings. The Bertz CT molecular complexity index is 512. The number of hydrogen-bond acceptors (Lipinski definition) is 5. The predicted molar refractivity (Wildman–Crippen MR) is 71.3 cm³/mol. The van der Waals surface area contributed by atoms with E-state index in [4.69, 9.17) is 4.74 Å². The van der Waals surface area contributed by atoms with Gasteiger partial charge >= 0.3 is 5.97 Å². The first-order valence-corrected chi connectivity index (χ1v) is 6.96. The third-order valence-corrected chi connectivity index (χ3v) is 3.44. The molecular weight excluding hydrogens is 260 g/mol. The molecule has 1 unspecified atom stereocenters. The first kappa shape index (κ1) is 14.5. The van der Waals surface area contributed by atoms with Crippen LogP contribution in [0.3, 0.4) is 0 Å². The lowest BCUT2D eigenvalue weighted by molar-refractivity contribution is -0.129. The highest BCUT2D eigenvalue weighted by Gasteiger charge is 2.34. The molecule has 110 valence electrons. The van der Waals surface area contributed by atoms with Crippen molar-refractivity contribution < 1.29 is 14.3 Å². The summed E-state index contributed by atoms with van der Waals surface area (Å²) in [5.41, 5.74) is 0.927. The molecule has 1 aromatic rings. The van der Waals surface area contributed by atoms with Gasteiger partial charge in [0.1, 0.15) is 6.04 Å². The van der Waals surface area contributed by atoms with E-state index in [2.05, 4.69) is 10.3 Å². The molecule has 0 spiro atoms. The Labute approximate surface area is 117 Å². The molecule has 1 aliphatic heterocycles. The maximum Gasteiger partial charge on any atom is 0.360 e. The number of likely N-dealkylation sites (tertiary alicyclic amines) is 1. The van der Waals surface area contributed by atoms with Crippen LogP contribution in [0.1, 0.15) is 48.9 Å². The van der Waals surface area contributed by atoms with Crippen LogP contribution in [0.4, 0.5) is 0 Å². The number of amides is 1. The summed E-state index contributed by atoms with van der Waals surface area (Å²) in [5, 5.41) is 7.95. The minimum absolute atomic E-state index is 0.0164. The highest BCUT2D eigenvalue weighted by Crippen LogP contribution is 2.24. The van der Waals surface area contributed by atoms with Gasteiger partial charge in [-0.2, -0.15) is 0 Å². The number of likely N-dealkylation sites (N-methyl/N-ethyl adjacent to an activating group) is 1.